The van der Waals surface area contributed by atoms with Crippen LogP contribution < -0.4 is 10.2 Å². The fourth-order valence-corrected chi connectivity index (χ4v) is 2.96. The number of rotatable bonds is 7. The van der Waals surface area contributed by atoms with E-state index in [1.54, 1.807) is 25.1 Å². The summed E-state index contributed by atoms with van der Waals surface area (Å²) in [7, 11) is 1.47. The molecule has 0 radical (unpaired) electrons. The molecular weight excluding hydrogens is 408 g/mol. The van der Waals surface area contributed by atoms with E-state index in [0.717, 1.165) is 6.07 Å². The van der Waals surface area contributed by atoms with Crippen LogP contribution in [0.25, 0.3) is 0 Å². The summed E-state index contributed by atoms with van der Waals surface area (Å²) in [5.41, 5.74) is -0.193. The van der Waals surface area contributed by atoms with E-state index >= 15 is 0 Å². The molecule has 2 N–H and O–H groups in total. The number of aliphatic hydroxyl groups is 1. The van der Waals surface area contributed by atoms with Gasteiger partial charge in [0, 0.05) is 16.1 Å². The van der Waals surface area contributed by atoms with Crippen molar-refractivity contribution in [3.63, 3.8) is 0 Å². The van der Waals surface area contributed by atoms with Crippen LogP contribution in [0.4, 0.5) is 0 Å². The third-order valence-corrected chi connectivity index (χ3v) is 4.21. The molecule has 0 spiro atoms. The molecule has 1 heterocycles. The van der Waals surface area contributed by atoms with Gasteiger partial charge in [0.1, 0.15) is 18.1 Å². The van der Waals surface area contributed by atoms with Crippen molar-refractivity contribution in [1.29, 1.82) is 0 Å². The molecule has 0 saturated carbocycles. The highest BCUT2D eigenvalue weighted by Crippen LogP contribution is 2.39. The second-order valence-electron chi connectivity index (χ2n) is 5.40. The van der Waals surface area contributed by atoms with Gasteiger partial charge in [-0.15, -0.1) is 0 Å². The Bertz CT molecular complexity index is 844. The van der Waals surface area contributed by atoms with Crippen molar-refractivity contribution in [2.24, 2.45) is 0 Å². The Morgan fingerprint density at radius 1 is 1.35 bits per heavy atom. The number of methoxy groups -OCH3 is 1. The topological polar surface area (TPSA) is 106 Å². The molecular formula is C18H19BrO7. The fraction of sp³-hybridized carbons (Fsp3) is 0.333. The van der Waals surface area contributed by atoms with Crippen molar-refractivity contribution in [3.8, 4) is 11.5 Å². The van der Waals surface area contributed by atoms with E-state index in [1.807, 2.05) is 0 Å². The summed E-state index contributed by atoms with van der Waals surface area (Å²) < 4.78 is 16.6. The van der Waals surface area contributed by atoms with Gasteiger partial charge in [-0.3, -0.25) is 9.59 Å². The smallest absolute Gasteiger partial charge is 0.306 e. The summed E-state index contributed by atoms with van der Waals surface area (Å²) in [6, 6.07) is 6.14. The van der Waals surface area contributed by atoms with E-state index in [4.69, 9.17) is 13.9 Å². The Hall–Kier alpha value is -2.32. The van der Waals surface area contributed by atoms with Gasteiger partial charge in [0.05, 0.1) is 26.1 Å². The van der Waals surface area contributed by atoms with Gasteiger partial charge >= 0.3 is 5.97 Å². The second-order valence-corrected chi connectivity index (χ2v) is 6.31. The molecule has 2 rings (SSSR count). The molecule has 0 unspecified atom stereocenters. The van der Waals surface area contributed by atoms with Crippen molar-refractivity contribution >= 4 is 21.9 Å². The summed E-state index contributed by atoms with van der Waals surface area (Å²) >= 11 is 3.36. The van der Waals surface area contributed by atoms with Crippen LogP contribution in [0, 0.1) is 0 Å². The molecule has 0 aliphatic rings. The maximum absolute atomic E-state index is 12.1. The van der Waals surface area contributed by atoms with Crippen LogP contribution in [0.1, 0.15) is 36.3 Å². The Balaban J connectivity index is 2.67. The second kappa shape index (κ2) is 8.86. The first-order valence-electron chi connectivity index (χ1n) is 7.87. The maximum atomic E-state index is 12.1. The number of carbonyl (C=O) groups excluding carboxylic acids is 1. The van der Waals surface area contributed by atoms with Gasteiger partial charge < -0.3 is 24.1 Å². The lowest BCUT2D eigenvalue weighted by Crippen LogP contribution is -2.15. The van der Waals surface area contributed by atoms with Gasteiger partial charge in [-0.1, -0.05) is 15.9 Å². The van der Waals surface area contributed by atoms with E-state index < -0.39 is 29.7 Å². The van der Waals surface area contributed by atoms with Crippen LogP contribution in [0.15, 0.2) is 37.9 Å². The van der Waals surface area contributed by atoms with Crippen LogP contribution in [-0.2, 0) is 16.1 Å². The number of hydrogen-bond donors (Lipinski definition) is 2. The third kappa shape index (κ3) is 4.44. The molecule has 7 nitrogen and oxygen atoms in total. The number of ether oxygens (including phenoxy) is 2. The molecule has 0 aliphatic heterocycles. The van der Waals surface area contributed by atoms with E-state index in [0.29, 0.717) is 15.8 Å². The number of hydrogen-bond acceptors (Lipinski definition) is 7. The highest BCUT2D eigenvalue weighted by Gasteiger charge is 2.29. The molecule has 8 heteroatoms. The van der Waals surface area contributed by atoms with Crippen LogP contribution in [0.2, 0.25) is 0 Å². The number of aromatic hydroxyl groups is 1. The van der Waals surface area contributed by atoms with Crippen LogP contribution >= 0.6 is 15.9 Å². The summed E-state index contributed by atoms with van der Waals surface area (Å²) in [6.07, 6.45) is -0.188. The lowest BCUT2D eigenvalue weighted by molar-refractivity contribution is -0.143. The zero-order valence-electron chi connectivity index (χ0n) is 14.3. The highest BCUT2D eigenvalue weighted by molar-refractivity contribution is 9.10. The van der Waals surface area contributed by atoms with Crippen LogP contribution in [0.5, 0.6) is 11.5 Å². The first-order valence-corrected chi connectivity index (χ1v) is 8.66. The van der Waals surface area contributed by atoms with Gasteiger partial charge in [0.2, 0.25) is 11.2 Å². The SMILES string of the molecule is CCOC(=O)C[C@@H](c1cc(Br)ccc1OC)c1oc(CO)cc(=O)c1O. The molecule has 1 aromatic heterocycles. The molecule has 26 heavy (non-hydrogen) atoms. The summed E-state index contributed by atoms with van der Waals surface area (Å²) in [6.45, 7) is 1.34. The third-order valence-electron chi connectivity index (χ3n) is 3.72. The molecule has 2 aromatic rings. The molecule has 0 bridgehead atoms. The average molecular weight is 427 g/mol. The number of benzene rings is 1. The maximum Gasteiger partial charge on any atom is 0.306 e. The molecule has 0 amide bonds. The zero-order chi connectivity index (χ0) is 19.3. The Labute approximate surface area is 158 Å². The van der Waals surface area contributed by atoms with E-state index in [2.05, 4.69) is 15.9 Å². The van der Waals surface area contributed by atoms with Crippen molar-refractivity contribution in [2.45, 2.75) is 25.9 Å². The lowest BCUT2D eigenvalue weighted by atomic mass is 9.91. The van der Waals surface area contributed by atoms with E-state index in [1.165, 1.54) is 7.11 Å². The minimum absolute atomic E-state index is 0.0226. The van der Waals surface area contributed by atoms with Crippen molar-refractivity contribution in [2.75, 3.05) is 13.7 Å². The van der Waals surface area contributed by atoms with Crippen LogP contribution in [0.3, 0.4) is 0 Å². The first kappa shape index (κ1) is 20.0. The zero-order valence-corrected chi connectivity index (χ0v) is 15.9. The Kier molecular flexibility index (Phi) is 6.82. The lowest BCUT2D eigenvalue weighted by Gasteiger charge is -2.20. The number of halogens is 1. The van der Waals surface area contributed by atoms with Gasteiger partial charge in [0.25, 0.3) is 0 Å². The van der Waals surface area contributed by atoms with Gasteiger partial charge in [-0.25, -0.2) is 0 Å². The molecule has 1 aromatic carbocycles. The van der Waals surface area contributed by atoms with Crippen molar-refractivity contribution in [1.82, 2.24) is 0 Å². The molecule has 1 atom stereocenters. The molecule has 0 fully saturated rings. The predicted octanol–water partition coefficient (Wildman–Crippen LogP) is 2.69. The minimum Gasteiger partial charge on any atom is -0.502 e. The van der Waals surface area contributed by atoms with E-state index in [9.17, 15) is 19.8 Å². The molecule has 0 saturated heterocycles. The summed E-state index contributed by atoms with van der Waals surface area (Å²) in [5, 5.41) is 19.5. The van der Waals surface area contributed by atoms with E-state index in [-0.39, 0.29) is 24.5 Å². The average Bonchev–Trinajstić information content (AvgIpc) is 2.62. The summed E-state index contributed by atoms with van der Waals surface area (Å²) in [4.78, 5) is 24.1. The van der Waals surface area contributed by atoms with Crippen molar-refractivity contribution in [3.05, 3.63) is 56.0 Å². The highest BCUT2D eigenvalue weighted by atomic mass is 79.9. The predicted molar refractivity (Wildman–Crippen MR) is 96.4 cm³/mol. The minimum atomic E-state index is -0.847. The number of aliphatic hydroxyl groups excluding tert-OH is 1. The fourth-order valence-electron chi connectivity index (χ4n) is 2.58. The van der Waals surface area contributed by atoms with Crippen LogP contribution in [-0.4, -0.2) is 29.9 Å². The number of carbonyl (C=O) groups is 1. The van der Waals surface area contributed by atoms with Crippen molar-refractivity contribution < 1.29 is 28.9 Å². The monoisotopic (exact) mass is 426 g/mol. The largest absolute Gasteiger partial charge is 0.502 e. The number of esters is 1. The quantitative estimate of drug-likeness (QED) is 0.655. The summed E-state index contributed by atoms with van der Waals surface area (Å²) in [5.74, 6) is -1.72. The Morgan fingerprint density at radius 2 is 2.08 bits per heavy atom. The molecule has 140 valence electrons. The van der Waals surface area contributed by atoms with Gasteiger partial charge in [-0.05, 0) is 25.1 Å². The van der Waals surface area contributed by atoms with Gasteiger partial charge in [-0.2, -0.15) is 0 Å². The first-order chi connectivity index (χ1) is 12.4. The van der Waals surface area contributed by atoms with Gasteiger partial charge in [0.15, 0.2) is 5.76 Å². The molecule has 0 aliphatic carbocycles. The normalized spacial score (nSPS) is 11.8. The standard InChI is InChI=1S/C18H19BrO7/c1-3-25-16(22)8-13(12-6-10(19)4-5-15(12)24-2)18-17(23)14(21)7-11(9-20)26-18/h4-7,13,20,23H,3,8-9H2,1-2H3/t13-/m0/s1. The Morgan fingerprint density at radius 3 is 2.69 bits per heavy atom.